The molecule has 1 fully saturated rings. The topological polar surface area (TPSA) is 71.2 Å². The lowest BCUT2D eigenvalue weighted by molar-refractivity contribution is -0.124. The average molecular weight is 314 g/mol. The number of carbonyl (C=O) groups is 2. The van der Waals surface area contributed by atoms with Crippen LogP contribution >= 0.6 is 0 Å². The highest BCUT2D eigenvalue weighted by molar-refractivity contribution is 5.95. The van der Waals surface area contributed by atoms with Crippen LogP contribution in [0.2, 0.25) is 0 Å². The summed E-state index contributed by atoms with van der Waals surface area (Å²) >= 11 is 0. The van der Waals surface area contributed by atoms with Crippen molar-refractivity contribution >= 4 is 22.8 Å². The second-order valence-electron chi connectivity index (χ2n) is 6.15. The standard InChI is InChI=1S/C18H22N2O3/c21-17(19-11-13-6-2-1-3-7-13)12-23-18(22)16-10-14-8-4-5-9-15(14)20-16/h4-5,8-10,13,20H,1-3,6-7,11-12H2,(H,19,21). The number of rotatable bonds is 5. The van der Waals surface area contributed by atoms with Gasteiger partial charge in [0, 0.05) is 17.4 Å². The van der Waals surface area contributed by atoms with E-state index in [9.17, 15) is 9.59 Å². The lowest BCUT2D eigenvalue weighted by Gasteiger charge is -2.21. The van der Waals surface area contributed by atoms with E-state index in [1.54, 1.807) is 6.07 Å². The first kappa shape index (κ1) is 15.6. The summed E-state index contributed by atoms with van der Waals surface area (Å²) in [6, 6.07) is 9.34. The van der Waals surface area contributed by atoms with E-state index in [4.69, 9.17) is 4.74 Å². The number of fused-ring (bicyclic) bond motifs is 1. The monoisotopic (exact) mass is 314 g/mol. The third-order valence-electron chi connectivity index (χ3n) is 4.40. The zero-order valence-corrected chi connectivity index (χ0v) is 13.1. The second kappa shape index (κ2) is 7.31. The first-order valence-corrected chi connectivity index (χ1v) is 8.24. The van der Waals surface area contributed by atoms with E-state index >= 15 is 0 Å². The van der Waals surface area contributed by atoms with E-state index in [0.717, 1.165) is 10.9 Å². The minimum atomic E-state index is -0.506. The van der Waals surface area contributed by atoms with Crippen LogP contribution in [-0.4, -0.2) is 30.0 Å². The Kier molecular flexibility index (Phi) is 4.95. The molecule has 0 saturated heterocycles. The Morgan fingerprint density at radius 1 is 1.17 bits per heavy atom. The van der Waals surface area contributed by atoms with Crippen molar-refractivity contribution in [3.8, 4) is 0 Å². The van der Waals surface area contributed by atoms with Gasteiger partial charge in [-0.2, -0.15) is 0 Å². The minimum absolute atomic E-state index is 0.235. The number of amides is 1. The van der Waals surface area contributed by atoms with E-state index in [0.29, 0.717) is 18.2 Å². The van der Waals surface area contributed by atoms with Crippen LogP contribution in [0.1, 0.15) is 42.6 Å². The summed E-state index contributed by atoms with van der Waals surface area (Å²) < 4.78 is 5.08. The second-order valence-corrected chi connectivity index (χ2v) is 6.15. The number of H-pyrrole nitrogens is 1. The highest BCUT2D eigenvalue weighted by Crippen LogP contribution is 2.22. The summed E-state index contributed by atoms with van der Waals surface area (Å²) in [5, 5.41) is 3.80. The van der Waals surface area contributed by atoms with Gasteiger partial charge in [-0.05, 0) is 30.9 Å². The summed E-state index contributed by atoms with van der Waals surface area (Å²) in [7, 11) is 0. The highest BCUT2D eigenvalue weighted by Gasteiger charge is 2.16. The lowest BCUT2D eigenvalue weighted by Crippen LogP contribution is -2.33. The predicted molar refractivity (Wildman–Crippen MR) is 88.2 cm³/mol. The highest BCUT2D eigenvalue weighted by atomic mass is 16.5. The van der Waals surface area contributed by atoms with E-state index in [-0.39, 0.29) is 12.5 Å². The Bertz CT molecular complexity index is 653. The third kappa shape index (κ3) is 4.12. The first-order valence-electron chi connectivity index (χ1n) is 8.24. The van der Waals surface area contributed by atoms with Gasteiger partial charge in [0.1, 0.15) is 5.69 Å². The van der Waals surface area contributed by atoms with E-state index in [2.05, 4.69) is 10.3 Å². The van der Waals surface area contributed by atoms with E-state index in [1.807, 2.05) is 24.3 Å². The number of benzene rings is 1. The number of aromatic nitrogens is 1. The Morgan fingerprint density at radius 2 is 1.96 bits per heavy atom. The Labute approximate surface area is 135 Å². The van der Waals surface area contributed by atoms with Gasteiger partial charge < -0.3 is 15.0 Å². The third-order valence-corrected chi connectivity index (χ3v) is 4.40. The number of nitrogens with one attached hydrogen (secondary N) is 2. The number of carbonyl (C=O) groups excluding carboxylic acids is 2. The van der Waals surface area contributed by atoms with Crippen molar-refractivity contribution in [2.24, 2.45) is 5.92 Å². The first-order chi connectivity index (χ1) is 11.2. The van der Waals surface area contributed by atoms with Crippen molar-refractivity contribution in [3.63, 3.8) is 0 Å². The Morgan fingerprint density at radius 3 is 2.74 bits per heavy atom. The van der Waals surface area contributed by atoms with Crippen molar-refractivity contribution in [3.05, 3.63) is 36.0 Å². The zero-order valence-electron chi connectivity index (χ0n) is 13.1. The van der Waals surface area contributed by atoms with Gasteiger partial charge in [-0.3, -0.25) is 4.79 Å². The molecule has 1 aliphatic carbocycles. The molecule has 1 heterocycles. The molecule has 0 bridgehead atoms. The quantitative estimate of drug-likeness (QED) is 0.833. The Hall–Kier alpha value is -2.30. The minimum Gasteiger partial charge on any atom is -0.451 e. The fourth-order valence-electron chi connectivity index (χ4n) is 3.09. The molecule has 5 nitrogen and oxygen atoms in total. The molecule has 0 aliphatic heterocycles. The van der Waals surface area contributed by atoms with Gasteiger partial charge in [-0.25, -0.2) is 4.79 Å². The molecule has 1 aromatic carbocycles. The van der Waals surface area contributed by atoms with Gasteiger partial charge in [0.25, 0.3) is 5.91 Å². The predicted octanol–water partition coefficient (Wildman–Crippen LogP) is 3.02. The maximum Gasteiger partial charge on any atom is 0.355 e. The van der Waals surface area contributed by atoms with Gasteiger partial charge in [-0.15, -0.1) is 0 Å². The Balaban J connectivity index is 1.45. The molecule has 0 radical (unpaired) electrons. The van der Waals surface area contributed by atoms with Crippen molar-refractivity contribution < 1.29 is 14.3 Å². The molecule has 23 heavy (non-hydrogen) atoms. The number of para-hydroxylation sites is 1. The largest absolute Gasteiger partial charge is 0.451 e. The summed E-state index contributed by atoms with van der Waals surface area (Å²) in [5.41, 5.74) is 1.24. The molecule has 5 heteroatoms. The molecule has 0 atom stereocenters. The van der Waals surface area contributed by atoms with Crippen LogP contribution in [0.15, 0.2) is 30.3 Å². The fraction of sp³-hybridized carbons (Fsp3) is 0.444. The number of esters is 1. The van der Waals surface area contributed by atoms with Gasteiger partial charge in [0.05, 0.1) is 0 Å². The van der Waals surface area contributed by atoms with Crippen molar-refractivity contribution in [1.29, 1.82) is 0 Å². The molecule has 1 aromatic heterocycles. The molecule has 1 amide bonds. The SMILES string of the molecule is O=C(COC(=O)c1cc2ccccc2[nH]1)NCC1CCCCC1. The summed E-state index contributed by atoms with van der Waals surface area (Å²) in [4.78, 5) is 26.8. The molecular weight excluding hydrogens is 292 g/mol. The van der Waals surface area contributed by atoms with Gasteiger partial charge in [0.2, 0.25) is 0 Å². The molecule has 2 aromatic rings. The normalized spacial score (nSPS) is 15.5. The van der Waals surface area contributed by atoms with Gasteiger partial charge in [-0.1, -0.05) is 37.5 Å². The van der Waals surface area contributed by atoms with Crippen LogP contribution in [0.3, 0.4) is 0 Å². The van der Waals surface area contributed by atoms with Crippen LogP contribution in [0.4, 0.5) is 0 Å². The number of hydrogen-bond donors (Lipinski definition) is 2. The van der Waals surface area contributed by atoms with Crippen LogP contribution in [0.25, 0.3) is 10.9 Å². The van der Waals surface area contributed by atoms with Crippen LogP contribution in [-0.2, 0) is 9.53 Å². The molecule has 0 spiro atoms. The zero-order chi connectivity index (χ0) is 16.1. The van der Waals surface area contributed by atoms with Gasteiger partial charge >= 0.3 is 5.97 Å². The molecular formula is C18H22N2O3. The smallest absolute Gasteiger partial charge is 0.355 e. The average Bonchev–Trinajstić information content (AvgIpc) is 3.03. The molecule has 122 valence electrons. The molecule has 1 aliphatic rings. The number of ether oxygens (including phenoxy) is 1. The fourth-order valence-corrected chi connectivity index (χ4v) is 3.09. The van der Waals surface area contributed by atoms with Gasteiger partial charge in [0.15, 0.2) is 6.61 Å². The van der Waals surface area contributed by atoms with Crippen molar-refractivity contribution in [2.75, 3.05) is 13.2 Å². The van der Waals surface area contributed by atoms with Crippen molar-refractivity contribution in [1.82, 2.24) is 10.3 Å². The summed E-state index contributed by atoms with van der Waals surface area (Å²) in [6.45, 7) is 0.448. The number of hydrogen-bond acceptors (Lipinski definition) is 3. The van der Waals surface area contributed by atoms with Crippen LogP contribution in [0, 0.1) is 5.92 Å². The maximum absolute atomic E-state index is 12.0. The lowest BCUT2D eigenvalue weighted by atomic mass is 9.89. The van der Waals surface area contributed by atoms with Crippen LogP contribution in [0.5, 0.6) is 0 Å². The number of aromatic amines is 1. The summed E-state index contributed by atoms with van der Waals surface area (Å²) in [5.74, 6) is -0.175. The van der Waals surface area contributed by atoms with Crippen LogP contribution < -0.4 is 5.32 Å². The summed E-state index contributed by atoms with van der Waals surface area (Å²) in [6.07, 6.45) is 6.14. The van der Waals surface area contributed by atoms with E-state index < -0.39 is 5.97 Å². The van der Waals surface area contributed by atoms with E-state index in [1.165, 1.54) is 32.1 Å². The molecule has 0 unspecified atom stereocenters. The maximum atomic E-state index is 12.0. The molecule has 2 N–H and O–H groups in total. The van der Waals surface area contributed by atoms with Crippen molar-refractivity contribution in [2.45, 2.75) is 32.1 Å². The molecule has 3 rings (SSSR count). The molecule has 1 saturated carbocycles.